The van der Waals surface area contributed by atoms with E-state index >= 15 is 0 Å². The van der Waals surface area contributed by atoms with Crippen molar-refractivity contribution in [3.05, 3.63) is 57.4 Å². The number of likely N-dealkylation sites (N-methyl/N-ethyl adjacent to an activating group) is 1. The van der Waals surface area contributed by atoms with Crippen LogP contribution in [0.4, 0.5) is 11.4 Å². The summed E-state index contributed by atoms with van der Waals surface area (Å²) in [7, 11) is 0. The quantitative estimate of drug-likeness (QED) is 0.581. The Balaban J connectivity index is 1.46. The van der Waals surface area contributed by atoms with Crippen molar-refractivity contribution in [3.63, 3.8) is 0 Å². The molecule has 0 spiro atoms. The van der Waals surface area contributed by atoms with Crippen molar-refractivity contribution in [1.82, 2.24) is 4.90 Å². The fourth-order valence-electron chi connectivity index (χ4n) is 3.45. The molecule has 1 N–H and O–H groups in total. The molecule has 3 aromatic rings. The highest BCUT2D eigenvalue weighted by Crippen LogP contribution is 2.37. The summed E-state index contributed by atoms with van der Waals surface area (Å²) in [6, 6.07) is 13.5. The van der Waals surface area contributed by atoms with Crippen molar-refractivity contribution >= 4 is 61.9 Å². The van der Waals surface area contributed by atoms with Gasteiger partial charge in [0, 0.05) is 52.7 Å². The molecule has 2 aromatic carbocycles. The van der Waals surface area contributed by atoms with Crippen LogP contribution < -0.4 is 10.2 Å². The van der Waals surface area contributed by atoms with E-state index in [9.17, 15) is 4.79 Å². The maximum absolute atomic E-state index is 12.7. The van der Waals surface area contributed by atoms with Gasteiger partial charge < -0.3 is 15.1 Å². The van der Waals surface area contributed by atoms with Crippen LogP contribution in [0.15, 0.2) is 42.5 Å². The van der Waals surface area contributed by atoms with E-state index in [-0.39, 0.29) is 5.91 Å². The van der Waals surface area contributed by atoms with E-state index in [1.54, 1.807) is 6.07 Å². The lowest BCUT2D eigenvalue weighted by molar-refractivity contribution is 0.103. The SMILES string of the molecule is CCN1CCN(c2ccc(NC(=O)c3sc4cc(Cl)ccc4c3Cl)cc2)CC1. The summed E-state index contributed by atoms with van der Waals surface area (Å²) in [6.45, 7) is 7.53. The first kappa shape index (κ1) is 19.5. The summed E-state index contributed by atoms with van der Waals surface area (Å²) in [6.07, 6.45) is 0. The van der Waals surface area contributed by atoms with Crippen molar-refractivity contribution in [2.24, 2.45) is 0 Å². The van der Waals surface area contributed by atoms with Gasteiger partial charge in [0.1, 0.15) is 4.88 Å². The molecule has 28 heavy (non-hydrogen) atoms. The molecule has 7 heteroatoms. The summed E-state index contributed by atoms with van der Waals surface area (Å²) >= 11 is 13.8. The number of carbonyl (C=O) groups excluding carboxylic acids is 1. The molecule has 1 aliphatic heterocycles. The van der Waals surface area contributed by atoms with E-state index in [1.807, 2.05) is 24.3 Å². The van der Waals surface area contributed by atoms with Gasteiger partial charge in [0.25, 0.3) is 5.91 Å². The molecule has 1 fully saturated rings. The zero-order chi connectivity index (χ0) is 19.7. The molecule has 0 unspecified atom stereocenters. The third kappa shape index (κ3) is 3.98. The van der Waals surface area contributed by atoms with Crippen LogP contribution in [0.2, 0.25) is 10.0 Å². The lowest BCUT2D eigenvalue weighted by atomic mass is 10.2. The fourth-order valence-corrected chi connectivity index (χ4v) is 5.14. The van der Waals surface area contributed by atoms with Crippen LogP contribution in [-0.4, -0.2) is 43.5 Å². The van der Waals surface area contributed by atoms with Gasteiger partial charge in [0.15, 0.2) is 0 Å². The second kappa shape index (κ2) is 8.29. The van der Waals surface area contributed by atoms with Crippen LogP contribution in [-0.2, 0) is 0 Å². The third-order valence-electron chi connectivity index (χ3n) is 5.11. The molecular weight excluding hydrogens is 413 g/mol. The summed E-state index contributed by atoms with van der Waals surface area (Å²) < 4.78 is 0.907. The molecule has 0 radical (unpaired) electrons. The van der Waals surface area contributed by atoms with Crippen molar-refractivity contribution in [2.45, 2.75) is 6.92 Å². The van der Waals surface area contributed by atoms with Gasteiger partial charge in [-0.25, -0.2) is 0 Å². The second-order valence-corrected chi connectivity index (χ2v) is 8.67. The van der Waals surface area contributed by atoms with Crippen molar-refractivity contribution in [1.29, 1.82) is 0 Å². The van der Waals surface area contributed by atoms with Gasteiger partial charge in [-0.05, 0) is 42.9 Å². The normalized spacial score (nSPS) is 15.2. The van der Waals surface area contributed by atoms with Gasteiger partial charge in [0.2, 0.25) is 0 Å². The van der Waals surface area contributed by atoms with Gasteiger partial charge in [-0.1, -0.05) is 36.2 Å². The highest BCUT2D eigenvalue weighted by atomic mass is 35.5. The summed E-state index contributed by atoms with van der Waals surface area (Å²) in [4.78, 5) is 18.0. The maximum Gasteiger partial charge on any atom is 0.267 e. The number of fused-ring (bicyclic) bond motifs is 1. The number of amides is 1. The smallest absolute Gasteiger partial charge is 0.267 e. The minimum atomic E-state index is -0.202. The Morgan fingerprint density at radius 3 is 2.46 bits per heavy atom. The Hall–Kier alpha value is -1.79. The average Bonchev–Trinajstić information content (AvgIpc) is 3.04. The number of nitrogens with zero attached hydrogens (tertiary/aromatic N) is 2. The summed E-state index contributed by atoms with van der Waals surface area (Å²) in [5.74, 6) is -0.202. The largest absolute Gasteiger partial charge is 0.369 e. The Bertz CT molecular complexity index is 995. The van der Waals surface area contributed by atoms with Crippen molar-refractivity contribution in [2.75, 3.05) is 42.9 Å². The minimum Gasteiger partial charge on any atom is -0.369 e. The van der Waals surface area contributed by atoms with Crippen LogP contribution in [0.3, 0.4) is 0 Å². The van der Waals surface area contributed by atoms with Gasteiger partial charge >= 0.3 is 0 Å². The molecule has 0 bridgehead atoms. The van der Waals surface area contributed by atoms with Crippen molar-refractivity contribution < 1.29 is 4.79 Å². The monoisotopic (exact) mass is 433 g/mol. The van der Waals surface area contributed by atoms with Gasteiger partial charge in [-0.15, -0.1) is 11.3 Å². The van der Waals surface area contributed by atoms with Crippen LogP contribution >= 0.6 is 34.5 Å². The van der Waals surface area contributed by atoms with E-state index in [0.717, 1.165) is 48.5 Å². The molecule has 0 atom stereocenters. The fraction of sp³-hybridized carbons (Fsp3) is 0.286. The first-order chi connectivity index (χ1) is 13.5. The van der Waals surface area contributed by atoms with E-state index in [0.29, 0.717) is 14.9 Å². The number of hydrogen-bond acceptors (Lipinski definition) is 4. The highest BCUT2D eigenvalue weighted by Gasteiger charge is 2.18. The van der Waals surface area contributed by atoms with Crippen LogP contribution in [0, 0.1) is 0 Å². The van der Waals surface area contributed by atoms with Crippen LogP contribution in [0.25, 0.3) is 10.1 Å². The molecule has 1 aliphatic rings. The second-order valence-electron chi connectivity index (χ2n) is 6.81. The van der Waals surface area contributed by atoms with Gasteiger partial charge in [-0.3, -0.25) is 4.79 Å². The molecule has 1 saturated heterocycles. The number of rotatable bonds is 4. The number of hydrogen-bond donors (Lipinski definition) is 1. The molecule has 146 valence electrons. The standard InChI is InChI=1S/C21H21Cl2N3OS/c1-2-25-9-11-26(12-10-25)16-6-4-15(5-7-16)24-21(27)20-19(23)17-8-3-14(22)13-18(17)28-20/h3-8,13H,2,9-12H2,1H3,(H,24,27). The van der Waals surface area contributed by atoms with E-state index in [1.165, 1.54) is 17.0 Å². The first-order valence-corrected chi connectivity index (χ1v) is 10.9. The van der Waals surface area contributed by atoms with E-state index < -0.39 is 0 Å². The summed E-state index contributed by atoms with van der Waals surface area (Å²) in [5.41, 5.74) is 1.94. The molecule has 1 amide bonds. The maximum atomic E-state index is 12.7. The molecular formula is C21H21Cl2N3OS. The third-order valence-corrected chi connectivity index (χ3v) is 7.00. The molecule has 0 saturated carbocycles. The molecule has 1 aromatic heterocycles. The molecule has 4 nitrogen and oxygen atoms in total. The first-order valence-electron chi connectivity index (χ1n) is 9.31. The number of anilines is 2. The minimum absolute atomic E-state index is 0.202. The molecule has 2 heterocycles. The number of piperazine rings is 1. The van der Waals surface area contributed by atoms with Crippen molar-refractivity contribution in [3.8, 4) is 0 Å². The van der Waals surface area contributed by atoms with Crippen LogP contribution in [0.1, 0.15) is 16.6 Å². The van der Waals surface area contributed by atoms with E-state index in [4.69, 9.17) is 23.2 Å². The lowest BCUT2D eigenvalue weighted by Gasteiger charge is -2.35. The predicted octanol–water partition coefficient (Wildman–Crippen LogP) is 5.60. The molecule has 4 rings (SSSR count). The Morgan fingerprint density at radius 1 is 1.07 bits per heavy atom. The number of benzene rings is 2. The zero-order valence-electron chi connectivity index (χ0n) is 15.5. The lowest BCUT2D eigenvalue weighted by Crippen LogP contribution is -2.46. The van der Waals surface area contributed by atoms with Gasteiger partial charge in [-0.2, -0.15) is 0 Å². The number of halogens is 2. The van der Waals surface area contributed by atoms with Crippen LogP contribution in [0.5, 0.6) is 0 Å². The predicted molar refractivity (Wildman–Crippen MR) is 121 cm³/mol. The number of nitrogens with one attached hydrogen (secondary N) is 1. The highest BCUT2D eigenvalue weighted by molar-refractivity contribution is 7.21. The number of carbonyl (C=O) groups is 1. The van der Waals surface area contributed by atoms with Gasteiger partial charge in [0.05, 0.1) is 5.02 Å². The zero-order valence-corrected chi connectivity index (χ0v) is 17.9. The topological polar surface area (TPSA) is 35.6 Å². The Kier molecular flexibility index (Phi) is 5.78. The average molecular weight is 434 g/mol. The Labute approximate surface area is 178 Å². The van der Waals surface area contributed by atoms with E-state index in [2.05, 4.69) is 34.2 Å². The molecule has 0 aliphatic carbocycles. The Morgan fingerprint density at radius 2 is 1.79 bits per heavy atom. The summed E-state index contributed by atoms with van der Waals surface area (Å²) in [5, 5.41) is 4.90. The number of thiophene rings is 1.